The monoisotopic (exact) mass is 465 g/mol. The molecule has 160 valence electrons. The molecule has 4 bridgehead atoms. The van der Waals surface area contributed by atoms with Crippen molar-refractivity contribution in [3.63, 3.8) is 0 Å². The van der Waals surface area contributed by atoms with Crippen molar-refractivity contribution in [1.29, 1.82) is 0 Å². The van der Waals surface area contributed by atoms with E-state index in [0.29, 0.717) is 45.7 Å². The fraction of sp³-hybridized carbons (Fsp3) is 0.864. The zero-order chi connectivity index (χ0) is 20.2. The Balaban J connectivity index is 1.16. The third kappa shape index (κ3) is 3.72. The van der Waals surface area contributed by atoms with Gasteiger partial charge < -0.3 is 14.7 Å². The van der Waals surface area contributed by atoms with Crippen molar-refractivity contribution in [3.05, 3.63) is 0 Å². The zero-order valence-corrected chi connectivity index (χ0v) is 18.8. The summed E-state index contributed by atoms with van der Waals surface area (Å²) in [6, 6.07) is 0. The van der Waals surface area contributed by atoms with Crippen LogP contribution in [-0.4, -0.2) is 76.0 Å². The fourth-order valence-electron chi connectivity index (χ4n) is 7.33. The summed E-state index contributed by atoms with van der Waals surface area (Å²) in [5, 5.41) is 0. The lowest BCUT2D eigenvalue weighted by Crippen LogP contribution is -2.56. The summed E-state index contributed by atoms with van der Waals surface area (Å²) in [5.41, 5.74) is 0.184. The second kappa shape index (κ2) is 7.24. The van der Waals surface area contributed by atoms with Gasteiger partial charge in [0.25, 0.3) is 0 Å². The number of halogens is 1. The molecular formula is C22H32BrN3O3. The average molecular weight is 466 g/mol. The van der Waals surface area contributed by atoms with Gasteiger partial charge in [-0.15, -0.1) is 0 Å². The molecule has 0 radical (unpaired) electrons. The number of hydrogen-bond acceptors (Lipinski definition) is 3. The fourth-order valence-corrected chi connectivity index (χ4v) is 8.84. The summed E-state index contributed by atoms with van der Waals surface area (Å²) in [6.07, 6.45) is 10.1. The van der Waals surface area contributed by atoms with Gasteiger partial charge in [0.2, 0.25) is 5.91 Å². The van der Waals surface area contributed by atoms with Crippen LogP contribution in [0.25, 0.3) is 0 Å². The first-order valence-corrected chi connectivity index (χ1v) is 12.2. The number of piperazine rings is 1. The molecule has 4 aliphatic carbocycles. The van der Waals surface area contributed by atoms with Crippen molar-refractivity contribution in [2.75, 3.05) is 39.3 Å². The largest absolute Gasteiger partial charge is 0.339 e. The Morgan fingerprint density at radius 2 is 1.28 bits per heavy atom. The van der Waals surface area contributed by atoms with Crippen molar-refractivity contribution in [2.24, 2.45) is 17.3 Å². The summed E-state index contributed by atoms with van der Waals surface area (Å²) in [5.74, 6) is 1.07. The molecule has 3 amide bonds. The minimum Gasteiger partial charge on any atom is -0.339 e. The third-order valence-electron chi connectivity index (χ3n) is 8.13. The first-order valence-electron chi connectivity index (χ1n) is 11.4. The number of alkyl halides is 1. The number of carbonyl (C=O) groups excluding carboxylic acids is 3. The van der Waals surface area contributed by atoms with Crippen LogP contribution < -0.4 is 0 Å². The summed E-state index contributed by atoms with van der Waals surface area (Å²) >= 11 is 4.04. The van der Waals surface area contributed by atoms with Crippen LogP contribution in [0.1, 0.15) is 57.8 Å². The maximum absolute atomic E-state index is 13.1. The molecule has 2 aliphatic heterocycles. The Hall–Kier alpha value is -1.11. The molecule has 6 rings (SSSR count). The van der Waals surface area contributed by atoms with Gasteiger partial charge in [-0.3, -0.25) is 14.4 Å². The lowest BCUT2D eigenvalue weighted by atomic mass is 9.48. The first kappa shape index (κ1) is 19.8. The highest BCUT2D eigenvalue weighted by Crippen LogP contribution is 2.65. The standard InChI is InChI=1S/C22H32BrN3O3/c23-22-12-16-9-17(13-22)11-21(10-16,15-22)14-18(27)24-5-7-26(8-6-24)20(29)19(28)25-3-1-2-4-25/h16-17H,1-15H2. The highest BCUT2D eigenvalue weighted by Gasteiger charge is 2.57. The Morgan fingerprint density at radius 1 is 0.759 bits per heavy atom. The molecule has 2 heterocycles. The molecule has 6 nitrogen and oxygen atoms in total. The Kier molecular flexibility index (Phi) is 4.95. The lowest BCUT2D eigenvalue weighted by molar-refractivity contribution is -0.153. The molecule has 2 unspecified atom stereocenters. The van der Waals surface area contributed by atoms with E-state index in [1.807, 2.05) is 4.90 Å². The molecule has 4 saturated carbocycles. The molecule has 2 atom stereocenters. The molecule has 0 N–H and O–H groups in total. The van der Waals surface area contributed by atoms with Crippen molar-refractivity contribution in [2.45, 2.75) is 62.1 Å². The van der Waals surface area contributed by atoms with Gasteiger partial charge in [-0.1, -0.05) is 15.9 Å². The van der Waals surface area contributed by atoms with E-state index in [4.69, 9.17) is 0 Å². The quantitative estimate of drug-likeness (QED) is 0.464. The molecule has 6 fully saturated rings. The summed E-state index contributed by atoms with van der Waals surface area (Å²) in [6.45, 7) is 3.46. The van der Waals surface area contributed by atoms with Crippen LogP contribution in [0.5, 0.6) is 0 Å². The van der Waals surface area contributed by atoms with Crippen LogP contribution in [-0.2, 0) is 14.4 Å². The van der Waals surface area contributed by atoms with Crippen molar-refractivity contribution in [3.8, 4) is 0 Å². The van der Waals surface area contributed by atoms with Crippen molar-refractivity contribution < 1.29 is 14.4 Å². The predicted molar refractivity (Wildman–Crippen MR) is 112 cm³/mol. The van der Waals surface area contributed by atoms with E-state index in [-0.39, 0.29) is 27.5 Å². The summed E-state index contributed by atoms with van der Waals surface area (Å²) in [4.78, 5) is 43.3. The van der Waals surface area contributed by atoms with Crippen LogP contribution in [0.15, 0.2) is 0 Å². The van der Waals surface area contributed by atoms with E-state index in [1.54, 1.807) is 9.80 Å². The van der Waals surface area contributed by atoms with Crippen LogP contribution in [0.2, 0.25) is 0 Å². The molecule has 29 heavy (non-hydrogen) atoms. The highest BCUT2D eigenvalue weighted by atomic mass is 79.9. The molecular weight excluding hydrogens is 434 g/mol. The van der Waals surface area contributed by atoms with Gasteiger partial charge in [-0.05, 0) is 68.6 Å². The topological polar surface area (TPSA) is 60.9 Å². The number of likely N-dealkylation sites (tertiary alicyclic amines) is 1. The molecule has 7 heteroatoms. The van der Waals surface area contributed by atoms with Gasteiger partial charge >= 0.3 is 11.8 Å². The minimum atomic E-state index is -0.388. The minimum absolute atomic E-state index is 0.184. The third-order valence-corrected chi connectivity index (χ3v) is 9.06. The molecule has 0 spiro atoms. The van der Waals surface area contributed by atoms with E-state index >= 15 is 0 Å². The smallest absolute Gasteiger partial charge is 0.312 e. The van der Waals surface area contributed by atoms with Gasteiger partial charge in [-0.25, -0.2) is 0 Å². The average Bonchev–Trinajstić information content (AvgIpc) is 3.19. The summed E-state index contributed by atoms with van der Waals surface area (Å²) < 4.78 is 0.276. The predicted octanol–water partition coefficient (Wildman–Crippen LogP) is 2.40. The van der Waals surface area contributed by atoms with Crippen molar-refractivity contribution in [1.82, 2.24) is 14.7 Å². The van der Waals surface area contributed by atoms with Gasteiger partial charge in [0.1, 0.15) is 0 Å². The number of carbonyl (C=O) groups is 3. The molecule has 0 aromatic carbocycles. The van der Waals surface area contributed by atoms with E-state index < -0.39 is 0 Å². The normalized spacial score (nSPS) is 38.6. The van der Waals surface area contributed by atoms with E-state index in [2.05, 4.69) is 15.9 Å². The highest BCUT2D eigenvalue weighted by molar-refractivity contribution is 9.10. The van der Waals surface area contributed by atoms with Crippen LogP contribution in [0, 0.1) is 17.3 Å². The van der Waals surface area contributed by atoms with Crippen LogP contribution in [0.4, 0.5) is 0 Å². The number of nitrogens with zero attached hydrogens (tertiary/aromatic N) is 3. The molecule has 0 aromatic heterocycles. The second-order valence-electron chi connectivity index (χ2n) is 10.5. The van der Waals surface area contributed by atoms with E-state index in [9.17, 15) is 14.4 Å². The van der Waals surface area contributed by atoms with Crippen LogP contribution >= 0.6 is 15.9 Å². The lowest BCUT2D eigenvalue weighted by Gasteiger charge is -2.60. The summed E-state index contributed by atoms with van der Waals surface area (Å²) in [7, 11) is 0. The van der Waals surface area contributed by atoms with Gasteiger partial charge in [-0.2, -0.15) is 0 Å². The van der Waals surface area contributed by atoms with Gasteiger partial charge in [0.05, 0.1) is 0 Å². The van der Waals surface area contributed by atoms with Crippen molar-refractivity contribution >= 4 is 33.7 Å². The SMILES string of the molecule is O=C(CC12CC3CC(CC(Br)(C3)C1)C2)N1CCN(C(=O)C(=O)N2CCCC2)CC1. The first-order chi connectivity index (χ1) is 13.8. The van der Waals surface area contributed by atoms with E-state index in [1.165, 1.54) is 32.1 Å². The zero-order valence-electron chi connectivity index (χ0n) is 17.2. The molecule has 2 saturated heterocycles. The number of amides is 3. The Labute approximate surface area is 181 Å². The molecule has 6 aliphatic rings. The maximum Gasteiger partial charge on any atom is 0.312 e. The number of rotatable bonds is 2. The van der Waals surface area contributed by atoms with Gasteiger partial charge in [0, 0.05) is 50.0 Å². The van der Waals surface area contributed by atoms with E-state index in [0.717, 1.165) is 31.1 Å². The second-order valence-corrected chi connectivity index (χ2v) is 12.1. The Morgan fingerprint density at radius 3 is 1.83 bits per heavy atom. The van der Waals surface area contributed by atoms with Gasteiger partial charge in [0.15, 0.2) is 0 Å². The number of hydrogen-bond donors (Lipinski definition) is 0. The molecule has 0 aromatic rings. The van der Waals surface area contributed by atoms with Crippen LogP contribution in [0.3, 0.4) is 0 Å². The Bertz CT molecular complexity index is 698. The maximum atomic E-state index is 13.1.